The fraction of sp³-hybridized carbons (Fsp3) is 0.273. The van der Waals surface area contributed by atoms with Crippen molar-refractivity contribution in [2.24, 2.45) is 0 Å². The molecule has 3 aromatic rings. The molecular weight excluding hydrogens is 386 g/mol. The number of thioether (sulfide) groups is 1. The number of benzene rings is 2. The monoisotopic (exact) mass is 407 g/mol. The van der Waals surface area contributed by atoms with Crippen LogP contribution in [0.4, 0.5) is 5.82 Å². The molecular formula is C22H21N3O3S. The van der Waals surface area contributed by atoms with Gasteiger partial charge in [0.05, 0.1) is 11.4 Å². The molecule has 3 heterocycles. The molecule has 29 heavy (non-hydrogen) atoms. The summed E-state index contributed by atoms with van der Waals surface area (Å²) >= 11 is 1.80. The van der Waals surface area contributed by atoms with Gasteiger partial charge >= 0.3 is 0 Å². The van der Waals surface area contributed by atoms with Gasteiger partial charge in [-0.3, -0.25) is 4.79 Å². The van der Waals surface area contributed by atoms with Crippen LogP contribution in [0.5, 0.6) is 11.5 Å². The molecule has 148 valence electrons. The maximum Gasteiger partial charge on any atom is 0.270 e. The van der Waals surface area contributed by atoms with Gasteiger partial charge in [-0.25, -0.2) is 4.68 Å². The summed E-state index contributed by atoms with van der Waals surface area (Å²) in [5, 5.41) is 7.83. The smallest absolute Gasteiger partial charge is 0.270 e. The van der Waals surface area contributed by atoms with E-state index in [0.29, 0.717) is 17.3 Å². The minimum Gasteiger partial charge on any atom is -0.482 e. The summed E-state index contributed by atoms with van der Waals surface area (Å²) in [4.78, 5) is 13.2. The zero-order chi connectivity index (χ0) is 20.0. The molecule has 2 atom stereocenters. The van der Waals surface area contributed by atoms with Crippen LogP contribution in [0.25, 0.3) is 5.69 Å². The molecule has 2 unspecified atom stereocenters. The molecule has 6 nitrogen and oxygen atoms in total. The summed E-state index contributed by atoms with van der Waals surface area (Å²) in [7, 11) is 0. The van der Waals surface area contributed by atoms with E-state index >= 15 is 0 Å². The lowest BCUT2D eigenvalue weighted by atomic mass is 10.1. The summed E-state index contributed by atoms with van der Waals surface area (Å²) in [5.74, 6) is 3.40. The first-order chi connectivity index (χ1) is 14.1. The number of nitrogens with one attached hydrogen (secondary N) is 1. The van der Waals surface area contributed by atoms with Crippen LogP contribution in [0, 0.1) is 6.92 Å². The van der Waals surface area contributed by atoms with E-state index in [1.165, 1.54) is 5.56 Å². The molecule has 0 bridgehead atoms. The van der Waals surface area contributed by atoms with E-state index in [4.69, 9.17) is 14.6 Å². The van der Waals surface area contributed by atoms with Gasteiger partial charge in [-0.2, -0.15) is 16.9 Å². The van der Waals surface area contributed by atoms with Crippen LogP contribution < -0.4 is 14.8 Å². The van der Waals surface area contributed by atoms with Crippen LogP contribution in [0.1, 0.15) is 23.7 Å². The van der Waals surface area contributed by atoms with E-state index in [1.807, 2.05) is 67.1 Å². The molecule has 1 aromatic heterocycles. The number of amides is 1. The third-order valence-corrected chi connectivity index (χ3v) is 6.14. The van der Waals surface area contributed by atoms with Gasteiger partial charge in [-0.1, -0.05) is 29.8 Å². The molecule has 7 heteroatoms. The lowest BCUT2D eigenvalue weighted by Gasteiger charge is -2.31. The lowest BCUT2D eigenvalue weighted by Crippen LogP contribution is -2.46. The largest absolute Gasteiger partial charge is 0.482 e. The topological polar surface area (TPSA) is 65.4 Å². The quantitative estimate of drug-likeness (QED) is 0.708. The Morgan fingerprint density at radius 1 is 1.10 bits per heavy atom. The highest BCUT2D eigenvalue weighted by atomic mass is 32.2. The number of aryl methyl sites for hydroxylation is 1. The summed E-state index contributed by atoms with van der Waals surface area (Å²) < 4.78 is 13.7. The number of hydrogen-bond acceptors (Lipinski definition) is 5. The Hall–Kier alpha value is -2.93. The van der Waals surface area contributed by atoms with Crippen LogP contribution in [0.2, 0.25) is 0 Å². The van der Waals surface area contributed by atoms with Crippen molar-refractivity contribution >= 4 is 23.5 Å². The number of carbonyl (C=O) groups is 1. The maximum atomic E-state index is 13.2. The minimum absolute atomic E-state index is 0.236. The number of carbonyl (C=O) groups excluding carboxylic acids is 1. The van der Waals surface area contributed by atoms with Crippen molar-refractivity contribution in [3.05, 3.63) is 65.4 Å². The highest BCUT2D eigenvalue weighted by Crippen LogP contribution is 2.37. The SMILES string of the molecule is Cc1ccc(-n2nc3c(c2NC(=O)C2Oc4ccccc4OC2C)CSC3)cc1. The van der Waals surface area contributed by atoms with Crippen molar-refractivity contribution in [2.45, 2.75) is 37.6 Å². The van der Waals surface area contributed by atoms with Gasteiger partial charge in [-0.05, 0) is 38.1 Å². The minimum atomic E-state index is -0.740. The van der Waals surface area contributed by atoms with E-state index in [-0.39, 0.29) is 5.91 Å². The molecule has 2 aliphatic heterocycles. The van der Waals surface area contributed by atoms with Crippen LogP contribution in [0.15, 0.2) is 48.5 Å². The predicted octanol–water partition coefficient (Wildman–Crippen LogP) is 4.09. The van der Waals surface area contributed by atoms with Gasteiger partial charge in [0.25, 0.3) is 5.91 Å². The van der Waals surface area contributed by atoms with Gasteiger partial charge in [0.15, 0.2) is 11.5 Å². The molecule has 2 aromatic carbocycles. The van der Waals surface area contributed by atoms with E-state index in [1.54, 1.807) is 11.8 Å². The molecule has 0 spiro atoms. The number of nitrogens with zero attached hydrogens (tertiary/aromatic N) is 2. The zero-order valence-electron chi connectivity index (χ0n) is 16.2. The number of hydrogen-bond donors (Lipinski definition) is 1. The summed E-state index contributed by atoms with van der Waals surface area (Å²) in [6.45, 7) is 3.89. The summed E-state index contributed by atoms with van der Waals surface area (Å²) in [6, 6.07) is 15.5. The fourth-order valence-electron chi connectivity index (χ4n) is 3.61. The average molecular weight is 407 g/mol. The second-order valence-electron chi connectivity index (χ2n) is 7.31. The molecule has 0 saturated heterocycles. The van der Waals surface area contributed by atoms with E-state index < -0.39 is 12.2 Å². The Kier molecular flexibility index (Phi) is 4.47. The molecule has 0 fully saturated rings. The number of fused-ring (bicyclic) bond motifs is 2. The number of rotatable bonds is 3. The molecule has 1 N–H and O–H groups in total. The van der Waals surface area contributed by atoms with Crippen molar-refractivity contribution in [1.29, 1.82) is 0 Å². The first-order valence-electron chi connectivity index (χ1n) is 9.59. The first kappa shape index (κ1) is 18.1. The highest BCUT2D eigenvalue weighted by molar-refractivity contribution is 7.98. The highest BCUT2D eigenvalue weighted by Gasteiger charge is 2.35. The summed E-state index contributed by atoms with van der Waals surface area (Å²) in [6.07, 6.45) is -1.14. The van der Waals surface area contributed by atoms with Gasteiger partial charge in [0, 0.05) is 17.1 Å². The van der Waals surface area contributed by atoms with Gasteiger partial charge in [0.1, 0.15) is 11.9 Å². The summed E-state index contributed by atoms with van der Waals surface area (Å²) in [5.41, 5.74) is 4.19. The Balaban J connectivity index is 1.46. The number of ether oxygens (including phenoxy) is 2. The van der Waals surface area contributed by atoms with Crippen LogP contribution in [-0.4, -0.2) is 27.9 Å². The van der Waals surface area contributed by atoms with Crippen molar-refractivity contribution in [2.75, 3.05) is 5.32 Å². The molecule has 0 aliphatic carbocycles. The van der Waals surface area contributed by atoms with Crippen LogP contribution in [0.3, 0.4) is 0 Å². The van der Waals surface area contributed by atoms with Crippen LogP contribution >= 0.6 is 11.8 Å². The Bertz CT molecular complexity index is 1080. The number of anilines is 1. The van der Waals surface area contributed by atoms with Gasteiger partial charge in [-0.15, -0.1) is 0 Å². The molecule has 5 rings (SSSR count). The van der Waals surface area contributed by atoms with Crippen molar-refractivity contribution < 1.29 is 14.3 Å². The Labute approximate surface area is 173 Å². The van der Waals surface area contributed by atoms with E-state index in [2.05, 4.69) is 5.32 Å². The molecule has 0 saturated carbocycles. The van der Waals surface area contributed by atoms with Gasteiger partial charge in [0.2, 0.25) is 6.10 Å². The Morgan fingerprint density at radius 2 is 1.83 bits per heavy atom. The lowest BCUT2D eigenvalue weighted by molar-refractivity contribution is -0.128. The molecule has 0 radical (unpaired) electrons. The number of aromatic nitrogens is 2. The average Bonchev–Trinajstić information content (AvgIpc) is 3.31. The molecule has 2 aliphatic rings. The fourth-order valence-corrected chi connectivity index (χ4v) is 4.64. The third-order valence-electron chi connectivity index (χ3n) is 5.17. The van der Waals surface area contributed by atoms with Gasteiger partial charge < -0.3 is 14.8 Å². The van der Waals surface area contributed by atoms with E-state index in [9.17, 15) is 4.79 Å². The van der Waals surface area contributed by atoms with Crippen molar-refractivity contribution in [1.82, 2.24) is 9.78 Å². The van der Waals surface area contributed by atoms with Crippen molar-refractivity contribution in [3.63, 3.8) is 0 Å². The van der Waals surface area contributed by atoms with E-state index in [0.717, 1.165) is 28.5 Å². The number of para-hydroxylation sites is 2. The zero-order valence-corrected chi connectivity index (χ0v) is 17.0. The standard InChI is InChI=1S/C22H21N3O3S/c1-13-7-9-15(10-8-13)25-21(16-11-29-12-17(16)24-25)23-22(26)20-14(2)27-18-5-3-4-6-19(18)28-20/h3-10,14,20H,11-12H2,1-2H3,(H,23,26). The maximum absolute atomic E-state index is 13.2. The third kappa shape index (κ3) is 3.25. The second kappa shape index (κ2) is 7.15. The second-order valence-corrected chi connectivity index (χ2v) is 8.30. The Morgan fingerprint density at radius 3 is 2.59 bits per heavy atom. The normalized spacial score (nSPS) is 19.7. The predicted molar refractivity (Wildman–Crippen MR) is 113 cm³/mol. The van der Waals surface area contributed by atoms with Crippen molar-refractivity contribution in [3.8, 4) is 17.2 Å². The first-order valence-corrected chi connectivity index (χ1v) is 10.7. The molecule has 1 amide bonds. The van der Waals surface area contributed by atoms with Crippen LogP contribution in [-0.2, 0) is 16.3 Å².